The minimum absolute atomic E-state index is 0.0428. The van der Waals surface area contributed by atoms with E-state index in [1.54, 1.807) is 0 Å². The van der Waals surface area contributed by atoms with Crippen LogP contribution < -0.4 is 10.2 Å². The summed E-state index contributed by atoms with van der Waals surface area (Å²) in [6, 6.07) is 5.19. The van der Waals surface area contributed by atoms with Gasteiger partial charge in [-0.1, -0.05) is 6.07 Å². The fraction of sp³-hybridized carbons (Fsp3) is 0.154. The van der Waals surface area contributed by atoms with Crippen LogP contribution in [-0.4, -0.2) is 28.5 Å². The van der Waals surface area contributed by atoms with Crippen LogP contribution in [0.25, 0.3) is 11.3 Å². The molecule has 0 aliphatic heterocycles. The van der Waals surface area contributed by atoms with E-state index in [0.29, 0.717) is 6.07 Å². The Kier molecular flexibility index (Phi) is 4.76. The number of hydrogen-bond donors (Lipinski definition) is 2. The van der Waals surface area contributed by atoms with E-state index in [0.717, 1.165) is 30.3 Å². The normalized spacial score (nSPS) is 12.2. The topological polar surface area (TPSA) is 62.6 Å². The summed E-state index contributed by atoms with van der Waals surface area (Å²) < 4.78 is 78.1. The van der Waals surface area contributed by atoms with Gasteiger partial charge in [0.1, 0.15) is 11.4 Å². The molecular formula is C13H8BF6NO3. The summed E-state index contributed by atoms with van der Waals surface area (Å²) in [4.78, 5) is 3.33. The minimum atomic E-state index is -4.91. The number of nitrogens with zero attached hydrogens (tertiary/aromatic N) is 1. The molecule has 0 aliphatic rings. The predicted octanol–water partition coefficient (Wildman–Crippen LogP) is 2.35. The Morgan fingerprint density at radius 2 is 1.46 bits per heavy atom. The SMILES string of the molecule is OB(O)c1ccc(C(F)(F)F)nc1-c1ccc(OC(F)(F)F)cc1. The summed E-state index contributed by atoms with van der Waals surface area (Å²) in [5, 5.41) is 18.5. The maximum atomic E-state index is 12.7. The highest BCUT2D eigenvalue weighted by Gasteiger charge is 2.34. The molecule has 2 N–H and O–H groups in total. The highest BCUT2D eigenvalue weighted by Crippen LogP contribution is 2.30. The van der Waals surface area contributed by atoms with Gasteiger partial charge in [0.05, 0.1) is 5.69 Å². The Balaban J connectivity index is 2.46. The first-order valence-electron chi connectivity index (χ1n) is 6.28. The molecule has 0 fully saturated rings. The molecule has 4 nitrogen and oxygen atoms in total. The molecule has 2 aromatic rings. The summed E-state index contributed by atoms with van der Waals surface area (Å²) in [6.07, 6.45) is -9.69. The van der Waals surface area contributed by atoms with Crippen LogP contribution in [0.5, 0.6) is 5.75 Å². The van der Waals surface area contributed by atoms with Crippen molar-refractivity contribution >= 4 is 12.6 Å². The highest BCUT2D eigenvalue weighted by atomic mass is 19.4. The van der Waals surface area contributed by atoms with Crippen LogP contribution >= 0.6 is 0 Å². The fourth-order valence-corrected chi connectivity index (χ4v) is 1.88. The van der Waals surface area contributed by atoms with E-state index in [2.05, 4.69) is 9.72 Å². The van der Waals surface area contributed by atoms with Crippen molar-refractivity contribution in [3.63, 3.8) is 0 Å². The van der Waals surface area contributed by atoms with E-state index in [-0.39, 0.29) is 11.0 Å². The van der Waals surface area contributed by atoms with E-state index in [1.807, 2.05) is 0 Å². The van der Waals surface area contributed by atoms with Crippen molar-refractivity contribution in [2.45, 2.75) is 12.5 Å². The zero-order chi connectivity index (χ0) is 18.1. The number of rotatable bonds is 3. The van der Waals surface area contributed by atoms with Gasteiger partial charge in [-0.25, -0.2) is 4.98 Å². The average molecular weight is 351 g/mol. The molecular weight excluding hydrogens is 343 g/mol. The second kappa shape index (κ2) is 6.32. The van der Waals surface area contributed by atoms with Crippen molar-refractivity contribution in [3.05, 3.63) is 42.1 Å². The molecule has 1 aromatic heterocycles. The number of aromatic nitrogens is 1. The molecule has 1 heterocycles. The quantitative estimate of drug-likeness (QED) is 0.658. The smallest absolute Gasteiger partial charge is 0.423 e. The summed E-state index contributed by atoms with van der Waals surface area (Å²) in [6.45, 7) is 0. The maximum Gasteiger partial charge on any atom is 0.573 e. The number of halogens is 6. The molecule has 1 aromatic carbocycles. The third-order valence-electron chi connectivity index (χ3n) is 2.86. The summed E-state index contributed by atoms with van der Waals surface area (Å²) >= 11 is 0. The lowest BCUT2D eigenvalue weighted by atomic mass is 9.77. The van der Waals surface area contributed by atoms with Crippen molar-refractivity contribution in [1.29, 1.82) is 0 Å². The first-order chi connectivity index (χ1) is 11.0. The molecule has 0 amide bonds. The second-order valence-electron chi connectivity index (χ2n) is 4.58. The number of pyridine rings is 1. The minimum Gasteiger partial charge on any atom is -0.423 e. The molecule has 24 heavy (non-hydrogen) atoms. The fourth-order valence-electron chi connectivity index (χ4n) is 1.88. The van der Waals surface area contributed by atoms with Crippen LogP contribution in [0.2, 0.25) is 0 Å². The second-order valence-corrected chi connectivity index (χ2v) is 4.58. The molecule has 0 radical (unpaired) electrons. The van der Waals surface area contributed by atoms with Crippen molar-refractivity contribution in [1.82, 2.24) is 4.98 Å². The molecule has 0 bridgehead atoms. The molecule has 11 heteroatoms. The van der Waals surface area contributed by atoms with Crippen LogP contribution in [0, 0.1) is 0 Å². The Morgan fingerprint density at radius 3 is 1.92 bits per heavy atom. The molecule has 128 valence electrons. The zero-order valence-corrected chi connectivity index (χ0v) is 11.6. The Bertz CT molecular complexity index is 715. The Hall–Kier alpha value is -2.27. The third-order valence-corrected chi connectivity index (χ3v) is 2.86. The number of benzene rings is 1. The molecule has 0 saturated carbocycles. The van der Waals surface area contributed by atoms with Gasteiger partial charge >= 0.3 is 19.7 Å². The predicted molar refractivity (Wildman–Crippen MR) is 71.2 cm³/mol. The third kappa shape index (κ3) is 4.39. The summed E-state index contributed by atoms with van der Waals surface area (Å²) in [7, 11) is -2.11. The lowest BCUT2D eigenvalue weighted by Crippen LogP contribution is -2.33. The van der Waals surface area contributed by atoms with Crippen LogP contribution in [0.4, 0.5) is 26.3 Å². The van der Waals surface area contributed by atoms with Crippen LogP contribution in [-0.2, 0) is 6.18 Å². The van der Waals surface area contributed by atoms with Crippen molar-refractivity contribution in [2.24, 2.45) is 0 Å². The van der Waals surface area contributed by atoms with E-state index >= 15 is 0 Å². The number of ether oxygens (including phenoxy) is 1. The van der Waals surface area contributed by atoms with Crippen LogP contribution in [0.15, 0.2) is 36.4 Å². The standard InChI is InChI=1S/C13H8BF6NO3/c15-12(16,17)10-6-5-9(14(22)23)11(21-10)7-1-3-8(4-2-7)24-13(18,19)20/h1-6,22-23H. The lowest BCUT2D eigenvalue weighted by Gasteiger charge is -2.13. The lowest BCUT2D eigenvalue weighted by molar-refractivity contribution is -0.274. The molecule has 0 spiro atoms. The summed E-state index contributed by atoms with van der Waals surface area (Å²) in [5.74, 6) is -0.579. The van der Waals surface area contributed by atoms with E-state index < -0.39 is 36.8 Å². The van der Waals surface area contributed by atoms with Gasteiger partial charge in [-0.15, -0.1) is 13.2 Å². The van der Waals surface area contributed by atoms with Crippen LogP contribution in [0.3, 0.4) is 0 Å². The van der Waals surface area contributed by atoms with E-state index in [9.17, 15) is 36.4 Å². The van der Waals surface area contributed by atoms with Gasteiger partial charge in [0.2, 0.25) is 0 Å². The first kappa shape index (κ1) is 18.1. The molecule has 0 aliphatic carbocycles. The molecule has 0 unspecified atom stereocenters. The van der Waals surface area contributed by atoms with Gasteiger partial charge < -0.3 is 14.8 Å². The van der Waals surface area contributed by atoms with E-state index in [1.165, 1.54) is 0 Å². The van der Waals surface area contributed by atoms with Gasteiger partial charge in [-0.2, -0.15) is 13.2 Å². The van der Waals surface area contributed by atoms with Crippen LogP contribution in [0.1, 0.15) is 5.69 Å². The highest BCUT2D eigenvalue weighted by molar-refractivity contribution is 6.60. The maximum absolute atomic E-state index is 12.7. The Labute approximate surface area is 131 Å². The monoisotopic (exact) mass is 351 g/mol. The number of hydrogen-bond acceptors (Lipinski definition) is 4. The molecule has 0 saturated heterocycles. The van der Waals surface area contributed by atoms with Gasteiger partial charge in [0, 0.05) is 11.0 Å². The van der Waals surface area contributed by atoms with E-state index in [4.69, 9.17) is 0 Å². The average Bonchev–Trinajstić information content (AvgIpc) is 2.44. The van der Waals surface area contributed by atoms with Gasteiger partial charge in [0.15, 0.2) is 0 Å². The molecule has 0 atom stereocenters. The van der Waals surface area contributed by atoms with Crippen molar-refractivity contribution < 1.29 is 41.1 Å². The van der Waals surface area contributed by atoms with Gasteiger partial charge in [0.25, 0.3) is 0 Å². The zero-order valence-electron chi connectivity index (χ0n) is 11.6. The van der Waals surface area contributed by atoms with Gasteiger partial charge in [-0.3, -0.25) is 0 Å². The van der Waals surface area contributed by atoms with Gasteiger partial charge in [-0.05, 0) is 30.3 Å². The Morgan fingerprint density at radius 1 is 0.875 bits per heavy atom. The summed E-state index contributed by atoms with van der Waals surface area (Å²) in [5.41, 5.74) is -2.07. The molecule has 2 rings (SSSR count). The van der Waals surface area contributed by atoms with Crippen molar-refractivity contribution in [2.75, 3.05) is 0 Å². The largest absolute Gasteiger partial charge is 0.573 e. The first-order valence-corrected chi connectivity index (χ1v) is 6.28. The van der Waals surface area contributed by atoms with Crippen molar-refractivity contribution in [3.8, 4) is 17.0 Å². The number of alkyl halides is 6.